The van der Waals surface area contributed by atoms with Crippen LogP contribution in [0.1, 0.15) is 15.7 Å². The van der Waals surface area contributed by atoms with E-state index in [2.05, 4.69) is 22.1 Å². The van der Waals surface area contributed by atoms with Crippen molar-refractivity contribution in [3.8, 4) is 0 Å². The highest BCUT2D eigenvalue weighted by Gasteiger charge is 2.28. The minimum atomic E-state index is 0. The van der Waals surface area contributed by atoms with Gasteiger partial charge >= 0.3 is 0 Å². The zero-order valence-corrected chi connectivity index (χ0v) is 12.4. The van der Waals surface area contributed by atoms with Crippen LogP contribution in [0.5, 0.6) is 0 Å². The number of rotatable bonds is 3. The van der Waals surface area contributed by atoms with Crippen molar-refractivity contribution in [1.82, 2.24) is 10.6 Å². The molecule has 2 aliphatic rings. The molecule has 1 saturated heterocycles. The normalized spacial score (nSPS) is 22.6. The number of amides is 1. The Morgan fingerprint density at radius 2 is 2.33 bits per heavy atom. The molecule has 6 heteroatoms. The maximum Gasteiger partial charge on any atom is 0.237 e. The van der Waals surface area contributed by atoms with Crippen molar-refractivity contribution in [2.75, 3.05) is 25.4 Å². The first-order valence-electron chi connectivity index (χ1n) is 6.01. The molecule has 100 valence electrons. The zero-order chi connectivity index (χ0) is 11.7. The first-order valence-corrected chi connectivity index (χ1v) is 7.94. The summed E-state index contributed by atoms with van der Waals surface area (Å²) in [5.74, 6) is 1.90. The molecule has 1 unspecified atom stereocenters. The molecule has 3 heterocycles. The predicted octanol–water partition coefficient (Wildman–Crippen LogP) is 1.84. The molecule has 0 aromatic carbocycles. The van der Waals surface area contributed by atoms with Crippen molar-refractivity contribution in [2.24, 2.45) is 5.92 Å². The fourth-order valence-electron chi connectivity index (χ4n) is 2.19. The third-order valence-electron chi connectivity index (χ3n) is 3.35. The summed E-state index contributed by atoms with van der Waals surface area (Å²) in [5.41, 5.74) is 1.25. The lowest BCUT2D eigenvalue weighted by atomic mass is 10.0. The van der Waals surface area contributed by atoms with Gasteiger partial charge < -0.3 is 10.6 Å². The molecule has 0 bridgehead atoms. The van der Waals surface area contributed by atoms with E-state index >= 15 is 0 Å². The maximum absolute atomic E-state index is 12.2. The van der Waals surface area contributed by atoms with Crippen molar-refractivity contribution in [3.63, 3.8) is 0 Å². The van der Waals surface area contributed by atoms with Crippen LogP contribution in [0.15, 0.2) is 11.4 Å². The summed E-state index contributed by atoms with van der Waals surface area (Å²) in [7, 11) is 0. The van der Waals surface area contributed by atoms with Gasteiger partial charge in [-0.25, -0.2) is 0 Å². The molecule has 2 aliphatic heterocycles. The number of halogens is 1. The van der Waals surface area contributed by atoms with E-state index in [1.54, 1.807) is 23.1 Å². The second-order valence-electron chi connectivity index (χ2n) is 4.57. The van der Waals surface area contributed by atoms with Crippen LogP contribution in [0.4, 0.5) is 0 Å². The van der Waals surface area contributed by atoms with Crippen LogP contribution >= 0.6 is 35.5 Å². The number of hydrogen-bond donors (Lipinski definition) is 2. The number of thioether (sulfide) groups is 1. The van der Waals surface area contributed by atoms with E-state index in [4.69, 9.17) is 0 Å². The largest absolute Gasteiger partial charge is 0.354 e. The fraction of sp³-hybridized carbons (Fsp3) is 0.583. The highest BCUT2D eigenvalue weighted by Crippen LogP contribution is 2.39. The van der Waals surface area contributed by atoms with Gasteiger partial charge in [-0.15, -0.1) is 35.5 Å². The van der Waals surface area contributed by atoms with E-state index < -0.39 is 0 Å². The second kappa shape index (κ2) is 6.28. The molecule has 1 atom stereocenters. The second-order valence-corrected chi connectivity index (χ2v) is 6.78. The van der Waals surface area contributed by atoms with Gasteiger partial charge in [0.25, 0.3) is 0 Å². The van der Waals surface area contributed by atoms with Crippen LogP contribution in [0, 0.1) is 5.92 Å². The Labute approximate surface area is 122 Å². The minimum Gasteiger partial charge on any atom is -0.354 e. The Hall–Kier alpha value is -0.230. The summed E-state index contributed by atoms with van der Waals surface area (Å²) in [4.78, 5) is 13.6. The number of aryl methyl sites for hydroxylation is 1. The predicted molar refractivity (Wildman–Crippen MR) is 79.8 cm³/mol. The molecule has 3 rings (SSSR count). The summed E-state index contributed by atoms with van der Waals surface area (Å²) in [5, 5.41) is 8.44. The smallest absolute Gasteiger partial charge is 0.237 e. The molecule has 1 fully saturated rings. The topological polar surface area (TPSA) is 41.1 Å². The molecule has 0 aliphatic carbocycles. The van der Waals surface area contributed by atoms with Crippen LogP contribution in [0.2, 0.25) is 0 Å². The average molecular weight is 305 g/mol. The van der Waals surface area contributed by atoms with Crippen LogP contribution in [-0.4, -0.2) is 31.3 Å². The summed E-state index contributed by atoms with van der Waals surface area (Å²) in [6.07, 6.45) is 1.12. The van der Waals surface area contributed by atoms with Gasteiger partial charge in [-0.05, 0) is 29.2 Å². The number of nitrogens with one attached hydrogen (secondary N) is 2. The van der Waals surface area contributed by atoms with E-state index in [1.807, 2.05) is 0 Å². The Kier molecular flexibility index (Phi) is 4.95. The molecule has 0 saturated carbocycles. The molecule has 2 N–H and O–H groups in total. The lowest BCUT2D eigenvalue weighted by Crippen LogP contribution is -2.48. The first-order chi connectivity index (χ1) is 8.34. The summed E-state index contributed by atoms with van der Waals surface area (Å²) < 4.78 is 0. The number of carbonyl (C=O) groups excluding carboxylic acids is 1. The average Bonchev–Trinajstić information content (AvgIpc) is 2.74. The molecule has 3 nitrogen and oxygen atoms in total. The lowest BCUT2D eigenvalue weighted by Gasteiger charge is -2.28. The summed E-state index contributed by atoms with van der Waals surface area (Å²) in [6, 6.07) is 2.11. The zero-order valence-electron chi connectivity index (χ0n) is 9.98. The van der Waals surface area contributed by atoms with Crippen molar-refractivity contribution in [2.45, 2.75) is 11.7 Å². The maximum atomic E-state index is 12.2. The monoisotopic (exact) mass is 304 g/mol. The SMILES string of the molecule is Cl.O=C(NCC1CNC1)C1SCCc2sccc21. The van der Waals surface area contributed by atoms with Crippen LogP contribution in [-0.2, 0) is 11.2 Å². The Bertz CT molecular complexity index is 420. The van der Waals surface area contributed by atoms with Gasteiger partial charge in [0, 0.05) is 30.4 Å². The number of hydrogen-bond acceptors (Lipinski definition) is 4. The van der Waals surface area contributed by atoms with E-state index in [1.165, 1.54) is 10.4 Å². The molecule has 1 aromatic rings. The van der Waals surface area contributed by atoms with E-state index in [0.717, 1.165) is 31.8 Å². The van der Waals surface area contributed by atoms with Gasteiger partial charge in [-0.1, -0.05) is 0 Å². The molecule has 1 amide bonds. The number of thiophene rings is 1. The Morgan fingerprint density at radius 3 is 3.06 bits per heavy atom. The van der Waals surface area contributed by atoms with Crippen molar-refractivity contribution >= 4 is 41.4 Å². The van der Waals surface area contributed by atoms with E-state index in [-0.39, 0.29) is 23.6 Å². The van der Waals surface area contributed by atoms with E-state index in [0.29, 0.717) is 5.92 Å². The molecule has 0 spiro atoms. The summed E-state index contributed by atoms with van der Waals surface area (Å²) >= 11 is 3.56. The van der Waals surface area contributed by atoms with Gasteiger partial charge in [0.05, 0.1) is 0 Å². The quantitative estimate of drug-likeness (QED) is 0.895. The lowest BCUT2D eigenvalue weighted by molar-refractivity contribution is -0.120. The molecule has 18 heavy (non-hydrogen) atoms. The van der Waals surface area contributed by atoms with E-state index in [9.17, 15) is 4.79 Å². The molecular formula is C12H17ClN2OS2. The van der Waals surface area contributed by atoms with Crippen molar-refractivity contribution in [1.29, 1.82) is 0 Å². The van der Waals surface area contributed by atoms with Crippen molar-refractivity contribution < 1.29 is 4.79 Å². The van der Waals surface area contributed by atoms with Crippen LogP contribution < -0.4 is 10.6 Å². The highest BCUT2D eigenvalue weighted by molar-refractivity contribution is 8.00. The van der Waals surface area contributed by atoms with Gasteiger partial charge in [0.15, 0.2) is 0 Å². The molecular weight excluding hydrogens is 288 g/mol. The third kappa shape index (κ3) is 2.85. The fourth-order valence-corrected chi connectivity index (χ4v) is 4.51. The third-order valence-corrected chi connectivity index (χ3v) is 5.58. The minimum absolute atomic E-state index is 0. The number of carbonyl (C=O) groups is 1. The molecule has 0 radical (unpaired) electrons. The van der Waals surface area contributed by atoms with Gasteiger partial charge in [-0.2, -0.15) is 0 Å². The van der Waals surface area contributed by atoms with Crippen LogP contribution in [0.3, 0.4) is 0 Å². The first kappa shape index (κ1) is 14.2. The van der Waals surface area contributed by atoms with Crippen LogP contribution in [0.25, 0.3) is 0 Å². The highest BCUT2D eigenvalue weighted by atomic mass is 35.5. The molecule has 1 aromatic heterocycles. The number of fused-ring (bicyclic) bond motifs is 1. The standard InChI is InChI=1S/C12H16N2OS2.ClH/c15-12(14-7-8-5-13-6-8)11-9-1-3-16-10(9)2-4-17-11;/h1,3,8,11,13H,2,4-7H2,(H,14,15);1H. The van der Waals surface area contributed by atoms with Gasteiger partial charge in [0.2, 0.25) is 5.91 Å². The van der Waals surface area contributed by atoms with Gasteiger partial charge in [-0.3, -0.25) is 4.79 Å². The van der Waals surface area contributed by atoms with Crippen molar-refractivity contribution in [3.05, 3.63) is 21.9 Å². The summed E-state index contributed by atoms with van der Waals surface area (Å²) in [6.45, 7) is 2.91. The van der Waals surface area contributed by atoms with Gasteiger partial charge in [0.1, 0.15) is 5.25 Å². The Morgan fingerprint density at radius 1 is 1.50 bits per heavy atom. The Balaban J connectivity index is 0.00000120.